The average molecular weight is 297 g/mol. The van der Waals surface area contributed by atoms with E-state index in [1.165, 1.54) is 6.20 Å². The van der Waals surface area contributed by atoms with E-state index in [9.17, 15) is 8.42 Å². The third kappa shape index (κ3) is 4.22. The second-order valence-corrected chi connectivity index (χ2v) is 6.24. The Morgan fingerprint density at radius 2 is 1.84 bits per heavy atom. The van der Waals surface area contributed by atoms with Crippen molar-refractivity contribution in [1.82, 2.24) is 4.98 Å². The lowest BCUT2D eigenvalue weighted by atomic mass is 10.2. The Balaban J connectivity index is 2.02. The first-order chi connectivity index (χ1) is 9.07. The van der Waals surface area contributed by atoms with E-state index in [2.05, 4.69) is 9.71 Å². The molecule has 0 aliphatic rings. The second kappa shape index (κ2) is 6.04. The first-order valence-corrected chi connectivity index (χ1v) is 7.75. The summed E-state index contributed by atoms with van der Waals surface area (Å²) in [6, 6.07) is 12.7. The molecular formula is C13H13ClN2O2S. The van der Waals surface area contributed by atoms with Crippen molar-refractivity contribution in [3.63, 3.8) is 0 Å². The Bertz CT molecular complexity index is 645. The van der Waals surface area contributed by atoms with E-state index < -0.39 is 10.0 Å². The molecule has 1 aromatic carbocycles. The van der Waals surface area contributed by atoms with Crippen LogP contribution in [0.25, 0.3) is 0 Å². The summed E-state index contributed by atoms with van der Waals surface area (Å²) in [5, 5.41) is 0.283. The molecular weight excluding hydrogens is 284 g/mol. The Morgan fingerprint density at radius 3 is 2.53 bits per heavy atom. The normalized spacial score (nSPS) is 11.2. The lowest BCUT2D eigenvalue weighted by molar-refractivity contribution is 0.600. The molecule has 2 aromatic rings. The molecule has 100 valence electrons. The minimum atomic E-state index is -3.45. The maximum Gasteiger partial charge on any atom is 0.234 e. The van der Waals surface area contributed by atoms with Crippen molar-refractivity contribution in [3.05, 3.63) is 59.2 Å². The van der Waals surface area contributed by atoms with E-state index >= 15 is 0 Å². The highest BCUT2D eigenvalue weighted by Gasteiger charge is 2.13. The van der Waals surface area contributed by atoms with Crippen LogP contribution in [0, 0.1) is 0 Å². The number of pyridine rings is 1. The highest BCUT2D eigenvalue weighted by Crippen LogP contribution is 2.18. The summed E-state index contributed by atoms with van der Waals surface area (Å²) < 4.78 is 26.2. The fourth-order valence-electron chi connectivity index (χ4n) is 1.56. The maximum absolute atomic E-state index is 11.9. The van der Waals surface area contributed by atoms with Gasteiger partial charge in [0.05, 0.1) is 10.8 Å². The molecule has 0 atom stereocenters. The number of hydrogen-bond donors (Lipinski definition) is 1. The summed E-state index contributed by atoms with van der Waals surface area (Å²) in [4.78, 5) is 3.90. The Morgan fingerprint density at radius 1 is 1.11 bits per heavy atom. The number of rotatable bonds is 5. The fraction of sp³-hybridized carbons (Fsp3) is 0.154. The number of sulfonamides is 1. The quantitative estimate of drug-likeness (QED) is 0.923. The van der Waals surface area contributed by atoms with E-state index in [1.54, 1.807) is 12.1 Å². The van der Waals surface area contributed by atoms with Crippen LogP contribution in [0.4, 0.5) is 5.82 Å². The minimum absolute atomic E-state index is 0.0100. The van der Waals surface area contributed by atoms with Gasteiger partial charge in [-0.15, -0.1) is 0 Å². The number of aryl methyl sites for hydroxylation is 1. The van der Waals surface area contributed by atoms with Crippen LogP contribution in [0.3, 0.4) is 0 Å². The molecule has 1 aromatic heterocycles. The molecule has 1 heterocycles. The van der Waals surface area contributed by atoms with Crippen LogP contribution in [0.5, 0.6) is 0 Å². The monoisotopic (exact) mass is 296 g/mol. The zero-order chi connectivity index (χ0) is 13.7. The zero-order valence-corrected chi connectivity index (χ0v) is 11.7. The molecule has 0 aliphatic carbocycles. The van der Waals surface area contributed by atoms with Crippen molar-refractivity contribution in [2.24, 2.45) is 0 Å². The lowest BCUT2D eigenvalue weighted by Gasteiger charge is -2.08. The van der Waals surface area contributed by atoms with Crippen LogP contribution in [0.1, 0.15) is 5.56 Å². The smallest absolute Gasteiger partial charge is 0.234 e. The van der Waals surface area contributed by atoms with Crippen molar-refractivity contribution < 1.29 is 8.42 Å². The van der Waals surface area contributed by atoms with Gasteiger partial charge in [0, 0.05) is 6.20 Å². The summed E-state index contributed by atoms with van der Waals surface area (Å²) in [7, 11) is -3.45. The standard InChI is InChI=1S/C13H13ClN2O2S/c14-12-7-4-9-15-13(12)16-19(17,18)10-8-11-5-2-1-3-6-11/h1-7,9H,8,10H2,(H,15,16). The van der Waals surface area contributed by atoms with Crippen molar-refractivity contribution in [2.45, 2.75) is 6.42 Å². The molecule has 19 heavy (non-hydrogen) atoms. The molecule has 2 rings (SSSR count). The van der Waals surface area contributed by atoms with Gasteiger partial charge in [-0.2, -0.15) is 0 Å². The molecule has 0 spiro atoms. The Kier molecular flexibility index (Phi) is 4.39. The number of nitrogens with one attached hydrogen (secondary N) is 1. The third-order valence-electron chi connectivity index (χ3n) is 2.51. The highest BCUT2D eigenvalue weighted by molar-refractivity contribution is 7.92. The number of benzene rings is 1. The summed E-state index contributed by atoms with van der Waals surface area (Å²) in [6.07, 6.45) is 1.93. The molecule has 0 unspecified atom stereocenters. The molecule has 4 nitrogen and oxygen atoms in total. The molecule has 0 saturated carbocycles. The van der Waals surface area contributed by atoms with Crippen molar-refractivity contribution in [3.8, 4) is 0 Å². The van der Waals surface area contributed by atoms with Crippen molar-refractivity contribution >= 4 is 27.4 Å². The summed E-state index contributed by atoms with van der Waals surface area (Å²) in [5.41, 5.74) is 0.972. The summed E-state index contributed by atoms with van der Waals surface area (Å²) in [6.45, 7) is 0. The van der Waals surface area contributed by atoms with Gasteiger partial charge < -0.3 is 0 Å². The molecule has 0 aliphatic heterocycles. The van der Waals surface area contributed by atoms with E-state index in [-0.39, 0.29) is 16.6 Å². The summed E-state index contributed by atoms with van der Waals surface area (Å²) >= 11 is 5.86. The molecule has 0 bridgehead atoms. The van der Waals surface area contributed by atoms with E-state index in [0.29, 0.717) is 6.42 Å². The zero-order valence-electron chi connectivity index (χ0n) is 10.1. The van der Waals surface area contributed by atoms with Gasteiger partial charge in [0.25, 0.3) is 0 Å². The van der Waals surface area contributed by atoms with Crippen LogP contribution >= 0.6 is 11.6 Å². The maximum atomic E-state index is 11.9. The predicted molar refractivity (Wildman–Crippen MR) is 76.8 cm³/mol. The first-order valence-electron chi connectivity index (χ1n) is 5.72. The third-order valence-corrected chi connectivity index (χ3v) is 4.06. The largest absolute Gasteiger partial charge is 0.266 e. The van der Waals surface area contributed by atoms with Crippen LogP contribution in [-0.4, -0.2) is 19.2 Å². The van der Waals surface area contributed by atoms with E-state index in [4.69, 9.17) is 11.6 Å². The van der Waals surface area contributed by atoms with Crippen LogP contribution in [0.15, 0.2) is 48.7 Å². The molecule has 0 amide bonds. The predicted octanol–water partition coefficient (Wildman–Crippen LogP) is 2.72. The molecule has 1 N–H and O–H groups in total. The number of aromatic nitrogens is 1. The minimum Gasteiger partial charge on any atom is -0.266 e. The SMILES string of the molecule is O=S(=O)(CCc1ccccc1)Nc1ncccc1Cl. The first kappa shape index (κ1) is 13.8. The van der Waals surface area contributed by atoms with Crippen molar-refractivity contribution in [1.29, 1.82) is 0 Å². The second-order valence-electron chi connectivity index (χ2n) is 3.99. The molecule has 6 heteroatoms. The average Bonchev–Trinajstić information content (AvgIpc) is 2.40. The fourth-order valence-corrected chi connectivity index (χ4v) is 2.84. The van der Waals surface area contributed by atoms with Gasteiger partial charge >= 0.3 is 0 Å². The number of halogens is 1. The van der Waals surface area contributed by atoms with Gasteiger partial charge in [-0.25, -0.2) is 13.4 Å². The van der Waals surface area contributed by atoms with Crippen LogP contribution < -0.4 is 4.72 Å². The molecule has 0 saturated heterocycles. The van der Waals surface area contributed by atoms with Gasteiger partial charge in [-0.05, 0) is 24.1 Å². The summed E-state index contributed by atoms with van der Waals surface area (Å²) in [5.74, 6) is 0.154. The number of hydrogen-bond acceptors (Lipinski definition) is 3. The van der Waals surface area contributed by atoms with Gasteiger partial charge in [-0.1, -0.05) is 41.9 Å². The van der Waals surface area contributed by atoms with Crippen LogP contribution in [0.2, 0.25) is 5.02 Å². The molecule has 0 radical (unpaired) electrons. The van der Waals surface area contributed by atoms with E-state index in [0.717, 1.165) is 5.56 Å². The topological polar surface area (TPSA) is 59.1 Å². The van der Waals surface area contributed by atoms with Gasteiger partial charge in [0.15, 0.2) is 5.82 Å². The van der Waals surface area contributed by atoms with E-state index in [1.807, 2.05) is 30.3 Å². The Hall–Kier alpha value is -1.59. The Labute approximate surface area is 117 Å². The highest BCUT2D eigenvalue weighted by atomic mass is 35.5. The van der Waals surface area contributed by atoms with Gasteiger partial charge in [0.1, 0.15) is 0 Å². The number of anilines is 1. The van der Waals surface area contributed by atoms with Crippen LogP contribution in [-0.2, 0) is 16.4 Å². The van der Waals surface area contributed by atoms with Crippen molar-refractivity contribution in [2.75, 3.05) is 10.5 Å². The lowest BCUT2D eigenvalue weighted by Crippen LogP contribution is -2.19. The van der Waals surface area contributed by atoms with Gasteiger partial charge in [0.2, 0.25) is 10.0 Å². The van der Waals surface area contributed by atoms with Gasteiger partial charge in [-0.3, -0.25) is 4.72 Å². The number of nitrogens with zero attached hydrogens (tertiary/aromatic N) is 1. The molecule has 0 fully saturated rings.